The van der Waals surface area contributed by atoms with Crippen LogP contribution in [0.4, 0.5) is 11.5 Å². The summed E-state index contributed by atoms with van der Waals surface area (Å²) in [5.41, 5.74) is 7.68. The second-order valence-electron chi connectivity index (χ2n) is 5.35. The summed E-state index contributed by atoms with van der Waals surface area (Å²) in [6.07, 6.45) is 0. The van der Waals surface area contributed by atoms with Crippen LogP contribution in [0.3, 0.4) is 0 Å². The van der Waals surface area contributed by atoms with Gasteiger partial charge >= 0.3 is 0 Å². The first-order valence-electron chi connectivity index (χ1n) is 6.74. The molecule has 0 fully saturated rings. The lowest BCUT2D eigenvalue weighted by Crippen LogP contribution is -2.43. The average molecular weight is 292 g/mol. The maximum Gasteiger partial charge on any atom is 0.245 e. The van der Waals surface area contributed by atoms with E-state index in [-0.39, 0.29) is 17.3 Å². The lowest BCUT2D eigenvalue weighted by molar-refractivity contribution is -0.118. The Hall–Kier alpha value is -3.27. The van der Waals surface area contributed by atoms with Gasteiger partial charge in [-0.05, 0) is 13.0 Å². The average Bonchev–Trinajstić information content (AvgIpc) is 3.00. The minimum atomic E-state index is -1.26. The Labute approximate surface area is 125 Å². The van der Waals surface area contributed by atoms with Gasteiger partial charge in [0.25, 0.3) is 0 Å². The molecule has 0 saturated carbocycles. The quantitative estimate of drug-likeness (QED) is 0.579. The molecule has 0 radical (unpaired) electrons. The number of nitriles is 1. The Balaban J connectivity index is 2.18. The van der Waals surface area contributed by atoms with Crippen LogP contribution in [0.1, 0.15) is 16.8 Å². The van der Waals surface area contributed by atoms with Crippen molar-refractivity contribution in [3.8, 4) is 6.07 Å². The molecule has 0 saturated heterocycles. The monoisotopic (exact) mass is 292 g/mol. The van der Waals surface area contributed by atoms with Gasteiger partial charge in [0.15, 0.2) is 5.82 Å². The van der Waals surface area contributed by atoms with Gasteiger partial charge in [0.2, 0.25) is 5.91 Å². The number of benzene rings is 1. The number of carbonyl (C=O) groups excluding carboxylic acids is 1. The molecule has 1 amide bonds. The number of carbonyl (C=O) groups is 1. The van der Waals surface area contributed by atoms with Crippen molar-refractivity contribution in [2.24, 2.45) is 5.73 Å². The fraction of sp³-hybridized carbons (Fsp3) is 0.133. The van der Waals surface area contributed by atoms with E-state index in [2.05, 4.69) is 26.9 Å². The number of amides is 1. The third-order valence-corrected chi connectivity index (χ3v) is 4.25. The number of rotatable bonds is 0. The van der Waals surface area contributed by atoms with Crippen LogP contribution in [-0.4, -0.2) is 16.1 Å². The van der Waals surface area contributed by atoms with Crippen molar-refractivity contribution < 1.29 is 4.79 Å². The van der Waals surface area contributed by atoms with Crippen molar-refractivity contribution >= 4 is 17.4 Å². The topological polar surface area (TPSA) is 120 Å². The lowest BCUT2D eigenvalue weighted by Gasteiger charge is -2.32. The highest BCUT2D eigenvalue weighted by atomic mass is 16.2. The third kappa shape index (κ3) is 1.20. The molecule has 0 unspecified atom stereocenters. The number of fused-ring (bicyclic) bond motifs is 4. The number of aromatic nitrogens is 2. The van der Waals surface area contributed by atoms with Crippen molar-refractivity contribution in [3.63, 3.8) is 0 Å². The van der Waals surface area contributed by atoms with Crippen LogP contribution >= 0.6 is 0 Å². The number of aryl methyl sites for hydroxylation is 1. The minimum absolute atomic E-state index is 0.147. The summed E-state index contributed by atoms with van der Waals surface area (Å²) in [6, 6.07) is 9.42. The highest BCUT2D eigenvalue weighted by Crippen LogP contribution is 2.52. The van der Waals surface area contributed by atoms with Crippen molar-refractivity contribution in [2.45, 2.75) is 12.3 Å². The predicted molar refractivity (Wildman–Crippen MR) is 79.6 cm³/mol. The van der Waals surface area contributed by atoms with E-state index in [0.717, 1.165) is 5.69 Å². The summed E-state index contributed by atoms with van der Waals surface area (Å²) < 4.78 is 0. The standard InChI is InChI=1S/C15H12N6O/c1-7-11-13(21-20-7)19-12(17)9(6-16)15(11)8-4-2-3-5-10(8)18-14(15)22/h2-5H,17H2,1H3,(H,18,22)(H2,19,20,21)/t15-/m0/s1. The van der Waals surface area contributed by atoms with Gasteiger partial charge in [0.05, 0.1) is 5.57 Å². The Morgan fingerprint density at radius 2 is 2.09 bits per heavy atom. The summed E-state index contributed by atoms with van der Waals surface area (Å²) in [4.78, 5) is 12.9. The van der Waals surface area contributed by atoms with Crippen LogP contribution in [0, 0.1) is 18.3 Å². The Bertz CT molecular complexity index is 903. The predicted octanol–water partition coefficient (Wildman–Crippen LogP) is 1.08. The molecule has 7 nitrogen and oxygen atoms in total. The zero-order valence-electron chi connectivity index (χ0n) is 11.7. The van der Waals surface area contributed by atoms with Gasteiger partial charge in [-0.15, -0.1) is 0 Å². The number of aromatic amines is 1. The van der Waals surface area contributed by atoms with Gasteiger partial charge in [-0.2, -0.15) is 10.4 Å². The Morgan fingerprint density at radius 3 is 2.86 bits per heavy atom. The van der Waals surface area contributed by atoms with Crippen molar-refractivity contribution in [1.82, 2.24) is 10.2 Å². The molecule has 7 heteroatoms. The van der Waals surface area contributed by atoms with Crippen LogP contribution in [0.2, 0.25) is 0 Å². The fourth-order valence-corrected chi connectivity index (χ4v) is 3.39. The molecule has 22 heavy (non-hydrogen) atoms. The molecule has 1 aromatic carbocycles. The van der Waals surface area contributed by atoms with Crippen LogP contribution in [0.15, 0.2) is 35.7 Å². The van der Waals surface area contributed by atoms with Gasteiger partial charge in [0.1, 0.15) is 17.3 Å². The highest BCUT2D eigenvalue weighted by molar-refractivity contribution is 6.13. The highest BCUT2D eigenvalue weighted by Gasteiger charge is 2.57. The first kappa shape index (κ1) is 12.5. The summed E-state index contributed by atoms with van der Waals surface area (Å²) in [5.74, 6) is 0.328. The zero-order chi connectivity index (χ0) is 15.5. The van der Waals surface area contributed by atoms with E-state index >= 15 is 0 Å². The molecule has 3 heterocycles. The molecule has 0 bridgehead atoms. The molecule has 2 aliphatic rings. The molecular formula is C15H12N6O. The number of nitrogens with one attached hydrogen (secondary N) is 3. The molecule has 1 atom stereocenters. The summed E-state index contributed by atoms with van der Waals surface area (Å²) in [7, 11) is 0. The number of para-hydroxylation sites is 1. The van der Waals surface area contributed by atoms with E-state index in [0.29, 0.717) is 22.6 Å². The largest absolute Gasteiger partial charge is 0.384 e. The molecule has 4 rings (SSSR count). The summed E-state index contributed by atoms with van der Waals surface area (Å²) in [5, 5.41) is 22.4. The number of hydrogen-bond donors (Lipinski definition) is 4. The Morgan fingerprint density at radius 1 is 1.32 bits per heavy atom. The Kier molecular flexibility index (Phi) is 2.20. The molecule has 0 aliphatic carbocycles. The zero-order valence-corrected chi connectivity index (χ0v) is 11.7. The molecule has 5 N–H and O–H groups in total. The second kappa shape index (κ2) is 3.89. The number of nitrogens with two attached hydrogens (primary N) is 1. The molecule has 1 spiro atoms. The van der Waals surface area contributed by atoms with Crippen molar-refractivity contribution in [3.05, 3.63) is 52.5 Å². The van der Waals surface area contributed by atoms with E-state index in [4.69, 9.17) is 5.73 Å². The van der Waals surface area contributed by atoms with E-state index in [1.54, 1.807) is 0 Å². The van der Waals surface area contributed by atoms with E-state index in [1.807, 2.05) is 31.2 Å². The van der Waals surface area contributed by atoms with Gasteiger partial charge < -0.3 is 16.4 Å². The number of nitrogens with zero attached hydrogens (tertiary/aromatic N) is 2. The van der Waals surface area contributed by atoms with Crippen LogP contribution in [-0.2, 0) is 10.2 Å². The lowest BCUT2D eigenvalue weighted by atomic mass is 9.68. The van der Waals surface area contributed by atoms with E-state index in [9.17, 15) is 10.1 Å². The maximum atomic E-state index is 12.9. The third-order valence-electron chi connectivity index (χ3n) is 4.25. The number of H-pyrrole nitrogens is 1. The SMILES string of the molecule is Cc1[nH]nc2c1[C@@]1(C(=O)Nc3ccccc31)C(C#N)=C(N)N2. The van der Waals surface area contributed by atoms with E-state index in [1.165, 1.54) is 0 Å². The second-order valence-corrected chi connectivity index (χ2v) is 5.35. The molecule has 2 aliphatic heterocycles. The fourth-order valence-electron chi connectivity index (χ4n) is 3.39. The molecule has 2 aromatic rings. The molecule has 108 valence electrons. The van der Waals surface area contributed by atoms with Gasteiger partial charge in [-0.25, -0.2) is 0 Å². The first-order valence-corrected chi connectivity index (χ1v) is 6.74. The molecule has 1 aromatic heterocycles. The van der Waals surface area contributed by atoms with Crippen molar-refractivity contribution in [1.29, 1.82) is 5.26 Å². The smallest absolute Gasteiger partial charge is 0.245 e. The number of hydrogen-bond acceptors (Lipinski definition) is 5. The summed E-state index contributed by atoms with van der Waals surface area (Å²) in [6.45, 7) is 1.82. The van der Waals surface area contributed by atoms with Crippen LogP contribution in [0.5, 0.6) is 0 Å². The van der Waals surface area contributed by atoms with Gasteiger partial charge in [0, 0.05) is 22.5 Å². The minimum Gasteiger partial charge on any atom is -0.384 e. The summed E-state index contributed by atoms with van der Waals surface area (Å²) >= 11 is 0. The van der Waals surface area contributed by atoms with Crippen LogP contribution < -0.4 is 16.4 Å². The van der Waals surface area contributed by atoms with E-state index < -0.39 is 5.41 Å². The normalized spacial score (nSPS) is 21.9. The molecular weight excluding hydrogens is 280 g/mol. The number of anilines is 2. The maximum absolute atomic E-state index is 12.9. The van der Waals surface area contributed by atoms with Gasteiger partial charge in [-0.3, -0.25) is 9.89 Å². The van der Waals surface area contributed by atoms with Crippen LogP contribution in [0.25, 0.3) is 0 Å². The van der Waals surface area contributed by atoms with Crippen molar-refractivity contribution in [2.75, 3.05) is 10.6 Å². The first-order chi connectivity index (χ1) is 10.6. The van der Waals surface area contributed by atoms with Gasteiger partial charge in [-0.1, -0.05) is 18.2 Å².